The van der Waals surface area contributed by atoms with Gasteiger partial charge in [-0.1, -0.05) is 29.8 Å². The van der Waals surface area contributed by atoms with E-state index in [1.54, 1.807) is 14.2 Å². The Hall–Kier alpha value is -1.87. The number of methoxy groups -OCH3 is 2. The van der Waals surface area contributed by atoms with Crippen LogP contribution in [0.4, 0.5) is 5.69 Å². The molecule has 1 unspecified atom stereocenters. The maximum absolute atomic E-state index is 6.22. The first kappa shape index (κ1) is 13.1. The lowest BCUT2D eigenvalue weighted by Crippen LogP contribution is -2.06. The van der Waals surface area contributed by atoms with E-state index >= 15 is 0 Å². The van der Waals surface area contributed by atoms with E-state index in [1.165, 1.54) is 5.56 Å². The molecule has 0 spiro atoms. The first-order valence-corrected chi connectivity index (χ1v) is 6.86. The quantitative estimate of drug-likeness (QED) is 0.924. The molecule has 2 aromatic carbocycles. The summed E-state index contributed by atoms with van der Waals surface area (Å²) in [6, 6.07) is 12.2. The molecule has 0 fully saturated rings. The van der Waals surface area contributed by atoms with Crippen LogP contribution in [-0.2, 0) is 6.42 Å². The van der Waals surface area contributed by atoms with Crippen molar-refractivity contribution in [2.24, 2.45) is 0 Å². The number of nitrogens with one attached hydrogen (secondary N) is 1. The number of halogens is 1. The summed E-state index contributed by atoms with van der Waals surface area (Å²) in [5.41, 5.74) is 3.45. The van der Waals surface area contributed by atoms with E-state index < -0.39 is 0 Å². The molecule has 2 aromatic rings. The van der Waals surface area contributed by atoms with Crippen LogP contribution in [0.3, 0.4) is 0 Å². The molecule has 1 heterocycles. The molecular formula is C16H16ClNO2. The zero-order valence-corrected chi connectivity index (χ0v) is 12.2. The van der Waals surface area contributed by atoms with Crippen LogP contribution >= 0.6 is 11.6 Å². The maximum Gasteiger partial charge on any atom is 0.161 e. The van der Waals surface area contributed by atoms with Crippen molar-refractivity contribution in [3.63, 3.8) is 0 Å². The van der Waals surface area contributed by atoms with Crippen LogP contribution < -0.4 is 14.8 Å². The van der Waals surface area contributed by atoms with Gasteiger partial charge in [0.15, 0.2) is 11.5 Å². The second-order valence-corrected chi connectivity index (χ2v) is 5.20. The number of anilines is 1. The summed E-state index contributed by atoms with van der Waals surface area (Å²) >= 11 is 6.22. The molecule has 1 aliphatic heterocycles. The summed E-state index contributed by atoms with van der Waals surface area (Å²) < 4.78 is 10.6. The van der Waals surface area contributed by atoms with E-state index in [0.717, 1.165) is 34.2 Å². The van der Waals surface area contributed by atoms with Crippen molar-refractivity contribution in [3.8, 4) is 11.5 Å². The Bertz CT molecular complexity index is 642. The standard InChI is InChI=1S/C16H16ClNO2/c1-19-14-7-6-10(9-15(14)20-2)13-8-11-4-3-5-12(17)16(11)18-13/h3-7,9,13,18H,8H2,1-2H3. The molecule has 0 saturated carbocycles. The Morgan fingerprint density at radius 3 is 2.60 bits per heavy atom. The van der Waals surface area contributed by atoms with E-state index in [0.29, 0.717) is 0 Å². The predicted octanol–water partition coefficient (Wildman–Crippen LogP) is 4.07. The summed E-state index contributed by atoms with van der Waals surface area (Å²) in [4.78, 5) is 0. The zero-order chi connectivity index (χ0) is 14.1. The second-order valence-electron chi connectivity index (χ2n) is 4.79. The molecule has 3 rings (SSSR count). The molecule has 3 nitrogen and oxygen atoms in total. The number of benzene rings is 2. The summed E-state index contributed by atoms with van der Waals surface area (Å²) in [7, 11) is 3.29. The third kappa shape index (κ3) is 2.18. The van der Waals surface area contributed by atoms with Crippen LogP contribution in [0.1, 0.15) is 17.2 Å². The number of para-hydroxylation sites is 1. The van der Waals surface area contributed by atoms with Gasteiger partial charge in [-0.2, -0.15) is 0 Å². The van der Waals surface area contributed by atoms with Crippen LogP contribution in [-0.4, -0.2) is 14.2 Å². The van der Waals surface area contributed by atoms with Gasteiger partial charge in [0.25, 0.3) is 0 Å². The summed E-state index contributed by atoms with van der Waals surface area (Å²) in [6.45, 7) is 0. The Labute approximate surface area is 123 Å². The summed E-state index contributed by atoms with van der Waals surface area (Å²) in [5.74, 6) is 1.48. The van der Waals surface area contributed by atoms with Crippen molar-refractivity contribution < 1.29 is 9.47 Å². The van der Waals surface area contributed by atoms with Crippen LogP contribution in [0, 0.1) is 0 Å². The SMILES string of the molecule is COc1ccc(C2Cc3cccc(Cl)c3N2)cc1OC. The van der Waals surface area contributed by atoms with Crippen molar-refractivity contribution in [1.29, 1.82) is 0 Å². The first-order valence-electron chi connectivity index (χ1n) is 6.48. The molecule has 4 heteroatoms. The van der Waals surface area contributed by atoms with Gasteiger partial charge in [0, 0.05) is 0 Å². The highest BCUT2D eigenvalue weighted by Crippen LogP contribution is 2.40. The van der Waals surface area contributed by atoms with Crippen molar-refractivity contribution in [2.75, 3.05) is 19.5 Å². The highest BCUT2D eigenvalue weighted by atomic mass is 35.5. The highest BCUT2D eigenvalue weighted by molar-refractivity contribution is 6.33. The second kappa shape index (κ2) is 5.25. The summed E-state index contributed by atoms with van der Waals surface area (Å²) in [5, 5.41) is 4.25. The zero-order valence-electron chi connectivity index (χ0n) is 11.4. The van der Waals surface area contributed by atoms with Gasteiger partial charge in [0.05, 0.1) is 31.0 Å². The Morgan fingerprint density at radius 1 is 1.10 bits per heavy atom. The molecule has 0 radical (unpaired) electrons. The lowest BCUT2D eigenvalue weighted by Gasteiger charge is -2.15. The highest BCUT2D eigenvalue weighted by Gasteiger charge is 2.24. The van der Waals surface area contributed by atoms with Gasteiger partial charge in [-0.15, -0.1) is 0 Å². The fraction of sp³-hybridized carbons (Fsp3) is 0.250. The molecule has 0 bridgehead atoms. The third-order valence-corrected chi connectivity index (χ3v) is 3.97. The largest absolute Gasteiger partial charge is 0.493 e. The van der Waals surface area contributed by atoms with Crippen LogP contribution in [0.5, 0.6) is 11.5 Å². The van der Waals surface area contributed by atoms with Crippen molar-refractivity contribution in [3.05, 3.63) is 52.5 Å². The smallest absolute Gasteiger partial charge is 0.161 e. The Balaban J connectivity index is 1.91. The van der Waals surface area contributed by atoms with Crippen LogP contribution in [0.25, 0.3) is 0 Å². The fourth-order valence-electron chi connectivity index (χ4n) is 2.62. The molecule has 1 N–H and O–H groups in total. The maximum atomic E-state index is 6.22. The van der Waals surface area contributed by atoms with E-state index in [4.69, 9.17) is 21.1 Å². The lowest BCUT2D eigenvalue weighted by atomic mass is 10.0. The molecule has 0 aliphatic carbocycles. The third-order valence-electron chi connectivity index (χ3n) is 3.65. The molecule has 0 aromatic heterocycles. The van der Waals surface area contributed by atoms with E-state index in [2.05, 4.69) is 17.4 Å². The van der Waals surface area contributed by atoms with Gasteiger partial charge in [-0.05, 0) is 35.7 Å². The van der Waals surface area contributed by atoms with Gasteiger partial charge in [0.1, 0.15) is 0 Å². The number of fused-ring (bicyclic) bond motifs is 1. The minimum absolute atomic E-state index is 0.213. The predicted molar refractivity (Wildman–Crippen MR) is 81.1 cm³/mol. The molecule has 1 atom stereocenters. The lowest BCUT2D eigenvalue weighted by molar-refractivity contribution is 0.354. The van der Waals surface area contributed by atoms with Gasteiger partial charge in [-0.3, -0.25) is 0 Å². The summed E-state index contributed by atoms with van der Waals surface area (Å²) in [6.07, 6.45) is 0.922. The minimum Gasteiger partial charge on any atom is -0.493 e. The minimum atomic E-state index is 0.213. The van der Waals surface area contributed by atoms with E-state index in [-0.39, 0.29) is 6.04 Å². The molecule has 104 valence electrons. The van der Waals surface area contributed by atoms with Crippen molar-refractivity contribution in [1.82, 2.24) is 0 Å². The normalized spacial score (nSPS) is 16.4. The number of rotatable bonds is 3. The average Bonchev–Trinajstić information content (AvgIpc) is 2.92. The van der Waals surface area contributed by atoms with Crippen molar-refractivity contribution in [2.45, 2.75) is 12.5 Å². The Morgan fingerprint density at radius 2 is 1.90 bits per heavy atom. The first-order chi connectivity index (χ1) is 9.72. The van der Waals surface area contributed by atoms with Gasteiger partial charge in [0.2, 0.25) is 0 Å². The van der Waals surface area contributed by atoms with E-state index in [9.17, 15) is 0 Å². The van der Waals surface area contributed by atoms with Crippen LogP contribution in [0.2, 0.25) is 5.02 Å². The van der Waals surface area contributed by atoms with E-state index in [1.807, 2.05) is 24.3 Å². The average molecular weight is 290 g/mol. The molecule has 0 saturated heterocycles. The Kier molecular flexibility index (Phi) is 3.45. The van der Waals surface area contributed by atoms with Crippen molar-refractivity contribution >= 4 is 17.3 Å². The fourth-order valence-corrected chi connectivity index (χ4v) is 2.87. The monoisotopic (exact) mass is 289 g/mol. The molecule has 0 amide bonds. The molecule has 1 aliphatic rings. The topological polar surface area (TPSA) is 30.5 Å². The van der Waals surface area contributed by atoms with Crippen LogP contribution in [0.15, 0.2) is 36.4 Å². The van der Waals surface area contributed by atoms with Gasteiger partial charge >= 0.3 is 0 Å². The molecular weight excluding hydrogens is 274 g/mol. The van der Waals surface area contributed by atoms with Gasteiger partial charge < -0.3 is 14.8 Å². The van der Waals surface area contributed by atoms with Gasteiger partial charge in [-0.25, -0.2) is 0 Å². The molecule has 20 heavy (non-hydrogen) atoms. The number of ether oxygens (including phenoxy) is 2. The number of hydrogen-bond donors (Lipinski definition) is 1. The number of hydrogen-bond acceptors (Lipinski definition) is 3.